The molecule has 19 heavy (non-hydrogen) atoms. The van der Waals surface area contributed by atoms with Gasteiger partial charge in [0.05, 0.1) is 5.92 Å². The van der Waals surface area contributed by atoms with E-state index in [1.165, 1.54) is 0 Å². The van der Waals surface area contributed by atoms with Gasteiger partial charge in [-0.25, -0.2) is 0 Å². The molecule has 1 saturated heterocycles. The molecule has 0 aromatic heterocycles. The van der Waals surface area contributed by atoms with Crippen LogP contribution in [0.2, 0.25) is 5.02 Å². The van der Waals surface area contributed by atoms with Crippen LogP contribution in [0.15, 0.2) is 24.3 Å². The fourth-order valence-corrected chi connectivity index (χ4v) is 2.68. The molecule has 1 fully saturated rings. The van der Waals surface area contributed by atoms with E-state index in [4.69, 9.17) is 17.3 Å². The molecule has 0 bridgehead atoms. The monoisotopic (exact) mass is 280 g/mol. The van der Waals surface area contributed by atoms with Gasteiger partial charge in [0.1, 0.15) is 5.78 Å². The van der Waals surface area contributed by atoms with Gasteiger partial charge in [0.15, 0.2) is 0 Å². The Morgan fingerprint density at radius 3 is 2.47 bits per heavy atom. The zero-order valence-corrected chi connectivity index (χ0v) is 12.1. The van der Waals surface area contributed by atoms with Crippen molar-refractivity contribution in [2.45, 2.75) is 31.7 Å². The Balaban J connectivity index is 2.04. The number of Topliss-reactive ketones (excluding diaryl/α,β-unsaturated/α-hetero) is 1. The third-order valence-electron chi connectivity index (χ3n) is 3.84. The minimum Gasteiger partial charge on any atom is -0.328 e. The lowest BCUT2D eigenvalue weighted by Crippen LogP contribution is -2.42. The average molecular weight is 281 g/mol. The molecule has 104 valence electrons. The molecule has 2 rings (SSSR count). The topological polar surface area (TPSA) is 46.3 Å². The van der Waals surface area contributed by atoms with Gasteiger partial charge in [-0.05, 0) is 50.6 Å². The largest absolute Gasteiger partial charge is 0.328 e. The highest BCUT2D eigenvalue weighted by atomic mass is 35.5. The normalized spacial score (nSPS) is 19.3. The number of rotatable bonds is 4. The molecule has 4 heteroatoms. The Hall–Kier alpha value is -0.900. The molecule has 0 radical (unpaired) electrons. The summed E-state index contributed by atoms with van der Waals surface area (Å²) < 4.78 is 0. The van der Waals surface area contributed by atoms with Crippen molar-refractivity contribution in [3.8, 4) is 0 Å². The number of benzene rings is 1. The quantitative estimate of drug-likeness (QED) is 0.921. The molecule has 1 aromatic rings. The third kappa shape index (κ3) is 4.03. The van der Waals surface area contributed by atoms with Gasteiger partial charge in [0, 0.05) is 17.6 Å². The summed E-state index contributed by atoms with van der Waals surface area (Å²) in [5, 5.41) is 0.704. The maximum Gasteiger partial charge on any atom is 0.138 e. The number of carbonyl (C=O) groups is 1. The lowest BCUT2D eigenvalue weighted by molar-refractivity contribution is -0.118. The molecule has 1 aromatic carbocycles. The third-order valence-corrected chi connectivity index (χ3v) is 4.09. The van der Waals surface area contributed by atoms with E-state index in [0.717, 1.165) is 38.0 Å². The predicted octanol–water partition coefficient (Wildman–Crippen LogP) is 2.44. The van der Waals surface area contributed by atoms with Gasteiger partial charge in [0.2, 0.25) is 0 Å². The molecule has 2 N–H and O–H groups in total. The maximum atomic E-state index is 11.9. The number of nitrogens with zero attached hydrogens (tertiary/aromatic N) is 1. The van der Waals surface area contributed by atoms with E-state index in [0.29, 0.717) is 11.1 Å². The highest BCUT2D eigenvalue weighted by Gasteiger charge is 2.23. The average Bonchev–Trinajstić information content (AvgIpc) is 2.39. The van der Waals surface area contributed by atoms with Crippen LogP contribution in [0.5, 0.6) is 0 Å². The minimum atomic E-state index is -0.0633. The number of piperidine rings is 1. The molecule has 1 aliphatic heterocycles. The molecular formula is C15H21ClN2O. The second-order valence-corrected chi connectivity index (χ2v) is 5.79. The zero-order valence-electron chi connectivity index (χ0n) is 11.3. The van der Waals surface area contributed by atoms with E-state index in [-0.39, 0.29) is 11.7 Å². The van der Waals surface area contributed by atoms with Gasteiger partial charge in [-0.15, -0.1) is 0 Å². The first-order valence-electron chi connectivity index (χ1n) is 6.80. The molecule has 1 aliphatic rings. The standard InChI is InChI=1S/C15H21ClN2O/c1-11(19)15(12-2-4-13(16)5-3-12)10-18-8-6-14(17)7-9-18/h2-5,14-15H,6-10,17H2,1H3/t15-/m1/s1. The van der Waals surface area contributed by atoms with Gasteiger partial charge in [-0.2, -0.15) is 0 Å². The van der Waals surface area contributed by atoms with Gasteiger partial charge >= 0.3 is 0 Å². The Labute approximate surface area is 119 Å². The summed E-state index contributed by atoms with van der Waals surface area (Å²) in [6, 6.07) is 7.91. The molecule has 1 atom stereocenters. The first-order chi connectivity index (χ1) is 9.06. The van der Waals surface area contributed by atoms with Crippen LogP contribution in [0.1, 0.15) is 31.2 Å². The molecule has 0 saturated carbocycles. The number of hydrogen-bond donors (Lipinski definition) is 1. The number of ketones is 1. The van der Waals surface area contributed by atoms with Gasteiger partial charge in [-0.3, -0.25) is 4.79 Å². The SMILES string of the molecule is CC(=O)[C@@H](CN1CCC(N)CC1)c1ccc(Cl)cc1. The van der Waals surface area contributed by atoms with Crippen LogP contribution in [-0.2, 0) is 4.79 Å². The molecule has 0 unspecified atom stereocenters. The molecule has 0 amide bonds. The van der Waals surface area contributed by atoms with E-state index < -0.39 is 0 Å². The van der Waals surface area contributed by atoms with Crippen molar-refractivity contribution in [2.24, 2.45) is 5.73 Å². The van der Waals surface area contributed by atoms with Crippen LogP contribution >= 0.6 is 11.6 Å². The summed E-state index contributed by atoms with van der Waals surface area (Å²) in [6.45, 7) is 4.41. The van der Waals surface area contributed by atoms with Crippen LogP contribution in [-0.4, -0.2) is 36.4 Å². The number of hydrogen-bond acceptors (Lipinski definition) is 3. The van der Waals surface area contributed by atoms with Crippen LogP contribution in [0.4, 0.5) is 0 Å². The Bertz CT molecular complexity index is 424. The second-order valence-electron chi connectivity index (χ2n) is 5.35. The molecular weight excluding hydrogens is 260 g/mol. The molecule has 0 aliphatic carbocycles. The lowest BCUT2D eigenvalue weighted by atomic mass is 9.93. The van der Waals surface area contributed by atoms with Gasteiger partial charge < -0.3 is 10.6 Å². The number of halogens is 1. The predicted molar refractivity (Wildman–Crippen MR) is 78.5 cm³/mol. The van der Waals surface area contributed by atoms with E-state index in [1.807, 2.05) is 24.3 Å². The van der Waals surface area contributed by atoms with Crippen LogP contribution in [0.25, 0.3) is 0 Å². The van der Waals surface area contributed by atoms with Crippen molar-refractivity contribution < 1.29 is 4.79 Å². The van der Waals surface area contributed by atoms with E-state index >= 15 is 0 Å². The second kappa shape index (κ2) is 6.51. The molecule has 1 heterocycles. The number of carbonyl (C=O) groups excluding carboxylic acids is 1. The fourth-order valence-electron chi connectivity index (χ4n) is 2.56. The van der Waals surface area contributed by atoms with Crippen molar-refractivity contribution in [2.75, 3.05) is 19.6 Å². The summed E-state index contributed by atoms with van der Waals surface area (Å²) in [4.78, 5) is 14.2. The van der Waals surface area contributed by atoms with Crippen LogP contribution in [0.3, 0.4) is 0 Å². The van der Waals surface area contributed by atoms with Gasteiger partial charge in [-0.1, -0.05) is 23.7 Å². The van der Waals surface area contributed by atoms with Crippen molar-refractivity contribution in [3.63, 3.8) is 0 Å². The van der Waals surface area contributed by atoms with Crippen molar-refractivity contribution in [3.05, 3.63) is 34.9 Å². The lowest BCUT2D eigenvalue weighted by Gasteiger charge is -2.32. The number of nitrogens with two attached hydrogens (primary N) is 1. The fraction of sp³-hybridized carbons (Fsp3) is 0.533. The summed E-state index contributed by atoms with van der Waals surface area (Å²) in [5.41, 5.74) is 6.95. The smallest absolute Gasteiger partial charge is 0.138 e. The van der Waals surface area contributed by atoms with Crippen molar-refractivity contribution >= 4 is 17.4 Å². The van der Waals surface area contributed by atoms with Gasteiger partial charge in [0.25, 0.3) is 0 Å². The van der Waals surface area contributed by atoms with Crippen LogP contribution < -0.4 is 5.73 Å². The van der Waals surface area contributed by atoms with E-state index in [9.17, 15) is 4.79 Å². The first kappa shape index (κ1) is 14.5. The summed E-state index contributed by atoms with van der Waals surface area (Å²) in [6.07, 6.45) is 2.04. The summed E-state index contributed by atoms with van der Waals surface area (Å²) in [5.74, 6) is 0.142. The first-order valence-corrected chi connectivity index (χ1v) is 7.18. The van der Waals surface area contributed by atoms with E-state index in [1.54, 1.807) is 6.92 Å². The van der Waals surface area contributed by atoms with E-state index in [2.05, 4.69) is 4.90 Å². The Morgan fingerprint density at radius 1 is 1.37 bits per heavy atom. The number of likely N-dealkylation sites (tertiary alicyclic amines) is 1. The Morgan fingerprint density at radius 2 is 1.95 bits per heavy atom. The summed E-state index contributed by atoms with van der Waals surface area (Å²) >= 11 is 5.89. The van der Waals surface area contributed by atoms with Crippen LogP contribution in [0, 0.1) is 0 Å². The van der Waals surface area contributed by atoms with Crippen molar-refractivity contribution in [1.29, 1.82) is 0 Å². The molecule has 3 nitrogen and oxygen atoms in total. The highest BCUT2D eigenvalue weighted by molar-refractivity contribution is 6.30. The Kier molecular flexibility index (Phi) is 4.97. The maximum absolute atomic E-state index is 11.9. The minimum absolute atomic E-state index is 0.0633. The highest BCUT2D eigenvalue weighted by Crippen LogP contribution is 2.22. The van der Waals surface area contributed by atoms with Crippen molar-refractivity contribution in [1.82, 2.24) is 4.90 Å². The zero-order chi connectivity index (χ0) is 13.8. The summed E-state index contributed by atoms with van der Waals surface area (Å²) in [7, 11) is 0. The molecule has 0 spiro atoms.